The van der Waals surface area contributed by atoms with Gasteiger partial charge in [-0.25, -0.2) is 0 Å². The van der Waals surface area contributed by atoms with Crippen molar-refractivity contribution >= 4 is 16.3 Å². The molecule has 2 aromatic heterocycles. The molecule has 0 fully saturated rings. The van der Waals surface area contributed by atoms with Crippen LogP contribution < -0.4 is 5.73 Å². The minimum absolute atomic E-state index is 0.0599. The van der Waals surface area contributed by atoms with Crippen molar-refractivity contribution in [2.24, 2.45) is 11.7 Å². The van der Waals surface area contributed by atoms with E-state index in [1.54, 1.807) is 4.52 Å². The quantitative estimate of drug-likeness (QED) is 0.796. The highest BCUT2D eigenvalue weighted by atomic mass is 32.1. The molecule has 1 atom stereocenters. The van der Waals surface area contributed by atoms with Crippen LogP contribution in [0.2, 0.25) is 0 Å². The molecular weight excluding hydrogens is 258 g/mol. The van der Waals surface area contributed by atoms with Crippen LogP contribution in [0.1, 0.15) is 24.9 Å². The Morgan fingerprint density at radius 1 is 1.16 bits per heavy atom. The molecular formula is C13H15N5S. The van der Waals surface area contributed by atoms with E-state index in [0.29, 0.717) is 5.92 Å². The van der Waals surface area contributed by atoms with Gasteiger partial charge in [0, 0.05) is 5.56 Å². The molecule has 1 unspecified atom stereocenters. The highest BCUT2D eigenvalue weighted by Gasteiger charge is 2.19. The zero-order valence-electron chi connectivity index (χ0n) is 10.8. The van der Waals surface area contributed by atoms with E-state index in [1.165, 1.54) is 11.3 Å². The van der Waals surface area contributed by atoms with Crippen molar-refractivity contribution in [1.82, 2.24) is 19.8 Å². The molecule has 0 amide bonds. The van der Waals surface area contributed by atoms with Gasteiger partial charge in [0.2, 0.25) is 4.96 Å². The fourth-order valence-corrected chi connectivity index (χ4v) is 2.83. The molecule has 0 radical (unpaired) electrons. The monoisotopic (exact) mass is 273 g/mol. The van der Waals surface area contributed by atoms with Crippen LogP contribution in [0.3, 0.4) is 0 Å². The molecule has 0 bridgehead atoms. The molecule has 3 rings (SSSR count). The third kappa shape index (κ3) is 2.13. The van der Waals surface area contributed by atoms with E-state index >= 15 is 0 Å². The fraction of sp³-hybridized carbons (Fsp3) is 0.308. The second-order valence-corrected chi connectivity index (χ2v) is 5.78. The number of nitrogens with zero attached hydrogens (tertiary/aromatic N) is 4. The summed E-state index contributed by atoms with van der Waals surface area (Å²) in [5.74, 6) is 1.11. The zero-order chi connectivity index (χ0) is 13.4. The van der Waals surface area contributed by atoms with E-state index in [0.717, 1.165) is 21.4 Å². The first-order chi connectivity index (χ1) is 9.16. The molecule has 1 aromatic carbocycles. The topological polar surface area (TPSA) is 69.1 Å². The molecule has 2 N–H and O–H groups in total. The third-order valence-corrected chi connectivity index (χ3v) is 4.04. The van der Waals surface area contributed by atoms with Gasteiger partial charge in [0.1, 0.15) is 5.01 Å². The van der Waals surface area contributed by atoms with Crippen LogP contribution in [0.5, 0.6) is 0 Å². The molecule has 19 heavy (non-hydrogen) atoms. The van der Waals surface area contributed by atoms with Gasteiger partial charge in [0.05, 0.1) is 6.04 Å². The van der Waals surface area contributed by atoms with Crippen LogP contribution in [-0.2, 0) is 0 Å². The lowest BCUT2D eigenvalue weighted by atomic mass is 10.1. The Hall–Kier alpha value is -1.79. The third-order valence-electron chi connectivity index (χ3n) is 3.04. The van der Waals surface area contributed by atoms with Crippen LogP contribution in [0.25, 0.3) is 16.3 Å². The summed E-state index contributed by atoms with van der Waals surface area (Å²) in [6.45, 7) is 4.18. The number of rotatable bonds is 3. The van der Waals surface area contributed by atoms with Crippen molar-refractivity contribution < 1.29 is 0 Å². The Balaban J connectivity index is 2.08. The van der Waals surface area contributed by atoms with Crippen LogP contribution >= 0.6 is 11.3 Å². The lowest BCUT2D eigenvalue weighted by molar-refractivity contribution is 0.507. The lowest BCUT2D eigenvalue weighted by Crippen LogP contribution is -2.16. The molecule has 5 nitrogen and oxygen atoms in total. The predicted molar refractivity (Wildman–Crippen MR) is 75.9 cm³/mol. The highest BCUT2D eigenvalue weighted by Crippen LogP contribution is 2.26. The average Bonchev–Trinajstić information content (AvgIpc) is 2.98. The maximum atomic E-state index is 6.14. The molecule has 3 aromatic rings. The maximum absolute atomic E-state index is 6.14. The van der Waals surface area contributed by atoms with Crippen molar-refractivity contribution in [3.63, 3.8) is 0 Å². The lowest BCUT2D eigenvalue weighted by Gasteiger charge is -2.10. The number of nitrogens with two attached hydrogens (primary N) is 1. The average molecular weight is 273 g/mol. The van der Waals surface area contributed by atoms with Gasteiger partial charge in [0.15, 0.2) is 5.82 Å². The van der Waals surface area contributed by atoms with Crippen molar-refractivity contribution in [3.05, 3.63) is 35.3 Å². The van der Waals surface area contributed by atoms with Gasteiger partial charge >= 0.3 is 0 Å². The Bertz CT molecular complexity index is 685. The van der Waals surface area contributed by atoms with Crippen LogP contribution in [-0.4, -0.2) is 19.8 Å². The largest absolute Gasteiger partial charge is 0.322 e. The summed E-state index contributed by atoms with van der Waals surface area (Å²) in [5.41, 5.74) is 7.14. The molecule has 2 heterocycles. The minimum Gasteiger partial charge on any atom is -0.322 e. The summed E-state index contributed by atoms with van der Waals surface area (Å²) in [5, 5.41) is 13.8. The summed E-state index contributed by atoms with van der Waals surface area (Å²) in [6.07, 6.45) is 0. The molecule has 0 aliphatic carbocycles. The smallest absolute Gasteiger partial charge is 0.235 e. The van der Waals surface area contributed by atoms with E-state index in [1.807, 2.05) is 30.3 Å². The minimum atomic E-state index is -0.0599. The standard InChI is InChI=1S/C13H15N5S/c1-8(2)10(14)12-17-18-11(15-16-13(18)19-12)9-6-4-3-5-7-9/h3-8,10H,14H2,1-2H3. The van der Waals surface area contributed by atoms with Gasteiger partial charge in [-0.1, -0.05) is 55.5 Å². The van der Waals surface area contributed by atoms with Crippen molar-refractivity contribution in [2.75, 3.05) is 0 Å². The van der Waals surface area contributed by atoms with Crippen molar-refractivity contribution in [3.8, 4) is 11.4 Å². The Morgan fingerprint density at radius 3 is 2.58 bits per heavy atom. The number of fused-ring (bicyclic) bond motifs is 1. The molecule has 0 spiro atoms. The fourth-order valence-electron chi connectivity index (χ4n) is 1.82. The van der Waals surface area contributed by atoms with Gasteiger partial charge in [0.25, 0.3) is 0 Å². The summed E-state index contributed by atoms with van der Waals surface area (Å²) >= 11 is 1.50. The Kier molecular flexibility index (Phi) is 3.04. The SMILES string of the molecule is CC(C)C(N)c1nn2c(-c3ccccc3)nnc2s1. The second-order valence-electron chi connectivity index (χ2n) is 4.79. The predicted octanol–water partition coefficient (Wildman–Crippen LogP) is 2.51. The van der Waals surface area contributed by atoms with Gasteiger partial charge in [-0.05, 0) is 5.92 Å². The summed E-state index contributed by atoms with van der Waals surface area (Å²) in [6, 6.07) is 9.86. The number of hydrogen-bond donors (Lipinski definition) is 1. The summed E-state index contributed by atoms with van der Waals surface area (Å²) in [4.78, 5) is 0.782. The second kappa shape index (κ2) is 4.71. The van der Waals surface area contributed by atoms with E-state index in [9.17, 15) is 0 Å². The first kappa shape index (κ1) is 12.3. The van der Waals surface area contributed by atoms with Gasteiger partial charge < -0.3 is 5.73 Å². The van der Waals surface area contributed by atoms with E-state index in [4.69, 9.17) is 5.73 Å². The van der Waals surface area contributed by atoms with Gasteiger partial charge in [-0.3, -0.25) is 0 Å². The normalized spacial score (nSPS) is 13.3. The van der Waals surface area contributed by atoms with Crippen molar-refractivity contribution in [1.29, 1.82) is 0 Å². The molecule has 0 aliphatic heterocycles. The number of benzene rings is 1. The van der Waals surface area contributed by atoms with Crippen LogP contribution in [0.15, 0.2) is 30.3 Å². The molecule has 0 saturated carbocycles. The van der Waals surface area contributed by atoms with Gasteiger partial charge in [-0.2, -0.15) is 9.61 Å². The van der Waals surface area contributed by atoms with Crippen LogP contribution in [0, 0.1) is 5.92 Å². The van der Waals surface area contributed by atoms with E-state index in [-0.39, 0.29) is 6.04 Å². The molecule has 6 heteroatoms. The first-order valence-corrected chi connectivity index (χ1v) is 7.01. The molecule has 98 valence electrons. The zero-order valence-corrected chi connectivity index (χ0v) is 11.6. The Morgan fingerprint density at radius 2 is 1.89 bits per heavy atom. The van der Waals surface area contributed by atoms with E-state index in [2.05, 4.69) is 29.1 Å². The first-order valence-electron chi connectivity index (χ1n) is 6.20. The van der Waals surface area contributed by atoms with Crippen molar-refractivity contribution in [2.45, 2.75) is 19.9 Å². The highest BCUT2D eigenvalue weighted by molar-refractivity contribution is 7.16. The number of aromatic nitrogens is 4. The maximum Gasteiger partial charge on any atom is 0.235 e. The van der Waals surface area contributed by atoms with Crippen LogP contribution in [0.4, 0.5) is 0 Å². The number of hydrogen-bond acceptors (Lipinski definition) is 5. The van der Waals surface area contributed by atoms with Gasteiger partial charge in [-0.15, -0.1) is 10.2 Å². The summed E-state index contributed by atoms with van der Waals surface area (Å²) in [7, 11) is 0. The Labute approximate surface area is 115 Å². The molecule has 0 aliphatic rings. The summed E-state index contributed by atoms with van der Waals surface area (Å²) < 4.78 is 1.78. The van der Waals surface area contributed by atoms with E-state index < -0.39 is 0 Å². The molecule has 0 saturated heterocycles.